The second-order valence-corrected chi connectivity index (χ2v) is 5.35. The van der Waals surface area contributed by atoms with Crippen molar-refractivity contribution in [1.82, 2.24) is 10.6 Å². The third-order valence-corrected chi connectivity index (χ3v) is 3.91. The lowest BCUT2D eigenvalue weighted by Crippen LogP contribution is -2.50. The monoisotopic (exact) mass is 246 g/mol. The molecule has 2 rings (SSSR count). The molecule has 1 aliphatic rings. The predicted molar refractivity (Wildman–Crippen MR) is 73.8 cm³/mol. The first-order valence-electron chi connectivity index (χ1n) is 6.67. The zero-order chi connectivity index (χ0) is 13.1. The lowest BCUT2D eigenvalue weighted by Gasteiger charge is -2.30. The quantitative estimate of drug-likeness (QED) is 0.838. The number of hydrogen-bond donors (Lipinski definition) is 2. The van der Waals surface area contributed by atoms with Gasteiger partial charge >= 0.3 is 0 Å². The van der Waals surface area contributed by atoms with Crippen molar-refractivity contribution >= 4 is 5.91 Å². The van der Waals surface area contributed by atoms with E-state index in [4.69, 9.17) is 0 Å². The van der Waals surface area contributed by atoms with Gasteiger partial charge < -0.3 is 10.6 Å². The number of nitrogens with one attached hydrogen (secondary N) is 2. The zero-order valence-electron chi connectivity index (χ0n) is 11.4. The van der Waals surface area contributed by atoms with Gasteiger partial charge in [-0.1, -0.05) is 13.0 Å². The van der Waals surface area contributed by atoms with Crippen molar-refractivity contribution < 1.29 is 4.79 Å². The van der Waals surface area contributed by atoms with Gasteiger partial charge in [0.25, 0.3) is 5.91 Å². The number of benzene rings is 1. The maximum Gasteiger partial charge on any atom is 0.251 e. The van der Waals surface area contributed by atoms with E-state index in [0.29, 0.717) is 5.92 Å². The SMILES string of the molecule is Cc1ccc(C(=O)N[C@H]2CNCC[C@H]2C)cc1C. The van der Waals surface area contributed by atoms with Crippen LogP contribution in [-0.4, -0.2) is 25.0 Å². The molecule has 0 saturated carbocycles. The highest BCUT2D eigenvalue weighted by atomic mass is 16.1. The minimum absolute atomic E-state index is 0.0404. The van der Waals surface area contributed by atoms with E-state index in [2.05, 4.69) is 24.5 Å². The summed E-state index contributed by atoms with van der Waals surface area (Å²) in [6.45, 7) is 8.22. The van der Waals surface area contributed by atoms with E-state index in [1.165, 1.54) is 5.56 Å². The van der Waals surface area contributed by atoms with Crippen molar-refractivity contribution in [3.63, 3.8) is 0 Å². The van der Waals surface area contributed by atoms with Crippen LogP contribution in [0.5, 0.6) is 0 Å². The number of piperidine rings is 1. The summed E-state index contributed by atoms with van der Waals surface area (Å²) in [5, 5.41) is 6.46. The average Bonchev–Trinajstić information content (AvgIpc) is 2.35. The molecule has 0 unspecified atom stereocenters. The van der Waals surface area contributed by atoms with Gasteiger partial charge in [-0.2, -0.15) is 0 Å². The van der Waals surface area contributed by atoms with Gasteiger partial charge in [-0.05, 0) is 56.0 Å². The molecule has 3 nitrogen and oxygen atoms in total. The Kier molecular flexibility index (Phi) is 4.02. The Morgan fingerprint density at radius 1 is 1.33 bits per heavy atom. The fraction of sp³-hybridized carbons (Fsp3) is 0.533. The summed E-state index contributed by atoms with van der Waals surface area (Å²) >= 11 is 0. The molecule has 1 amide bonds. The predicted octanol–water partition coefficient (Wildman–Crippen LogP) is 2.03. The summed E-state index contributed by atoms with van der Waals surface area (Å²) in [7, 11) is 0. The summed E-state index contributed by atoms with van der Waals surface area (Å²) in [4.78, 5) is 12.2. The molecule has 1 heterocycles. The third kappa shape index (κ3) is 2.91. The lowest BCUT2D eigenvalue weighted by atomic mass is 9.94. The summed E-state index contributed by atoms with van der Waals surface area (Å²) in [6.07, 6.45) is 1.12. The normalized spacial score (nSPS) is 23.7. The van der Waals surface area contributed by atoms with Gasteiger partial charge in [-0.25, -0.2) is 0 Å². The Morgan fingerprint density at radius 2 is 2.11 bits per heavy atom. The van der Waals surface area contributed by atoms with Gasteiger partial charge in [0.15, 0.2) is 0 Å². The van der Waals surface area contributed by atoms with Crippen LogP contribution in [0.2, 0.25) is 0 Å². The smallest absolute Gasteiger partial charge is 0.251 e. The van der Waals surface area contributed by atoms with Crippen molar-refractivity contribution in [1.29, 1.82) is 0 Å². The number of aryl methyl sites for hydroxylation is 2. The topological polar surface area (TPSA) is 41.1 Å². The molecule has 2 atom stereocenters. The highest BCUT2D eigenvalue weighted by Crippen LogP contribution is 2.13. The van der Waals surface area contributed by atoms with Crippen LogP contribution >= 0.6 is 0 Å². The summed E-state index contributed by atoms with van der Waals surface area (Å²) in [5.41, 5.74) is 3.15. The van der Waals surface area contributed by atoms with Gasteiger partial charge in [-0.15, -0.1) is 0 Å². The summed E-state index contributed by atoms with van der Waals surface area (Å²) < 4.78 is 0. The van der Waals surface area contributed by atoms with Crippen molar-refractivity contribution in [2.75, 3.05) is 13.1 Å². The van der Waals surface area contributed by atoms with Gasteiger partial charge in [0.2, 0.25) is 0 Å². The molecule has 98 valence electrons. The molecule has 3 heteroatoms. The number of amides is 1. The fourth-order valence-corrected chi connectivity index (χ4v) is 2.32. The minimum Gasteiger partial charge on any atom is -0.348 e. The second kappa shape index (κ2) is 5.53. The Labute approximate surface area is 109 Å². The molecule has 0 aliphatic carbocycles. The van der Waals surface area contributed by atoms with Gasteiger partial charge in [0.1, 0.15) is 0 Å². The molecule has 18 heavy (non-hydrogen) atoms. The van der Waals surface area contributed by atoms with Crippen molar-refractivity contribution in [3.8, 4) is 0 Å². The van der Waals surface area contributed by atoms with Crippen LogP contribution < -0.4 is 10.6 Å². The van der Waals surface area contributed by atoms with Crippen LogP contribution in [0.15, 0.2) is 18.2 Å². The summed E-state index contributed by atoms with van der Waals surface area (Å²) in [5.74, 6) is 0.584. The van der Waals surface area contributed by atoms with E-state index in [0.717, 1.165) is 30.6 Å². The Morgan fingerprint density at radius 3 is 2.78 bits per heavy atom. The molecule has 1 aromatic carbocycles. The van der Waals surface area contributed by atoms with E-state index in [-0.39, 0.29) is 11.9 Å². The van der Waals surface area contributed by atoms with E-state index < -0.39 is 0 Å². The highest BCUT2D eigenvalue weighted by molar-refractivity contribution is 5.94. The van der Waals surface area contributed by atoms with Crippen LogP contribution in [0.3, 0.4) is 0 Å². The van der Waals surface area contributed by atoms with Crippen molar-refractivity contribution in [3.05, 3.63) is 34.9 Å². The maximum absolute atomic E-state index is 12.2. The van der Waals surface area contributed by atoms with E-state index >= 15 is 0 Å². The van der Waals surface area contributed by atoms with Gasteiger partial charge in [0.05, 0.1) is 0 Å². The molecule has 0 spiro atoms. The molecule has 2 N–H and O–H groups in total. The average molecular weight is 246 g/mol. The number of carbonyl (C=O) groups excluding carboxylic acids is 1. The maximum atomic E-state index is 12.2. The second-order valence-electron chi connectivity index (χ2n) is 5.35. The molecule has 0 bridgehead atoms. The molecular weight excluding hydrogens is 224 g/mol. The Balaban J connectivity index is 2.04. The van der Waals surface area contributed by atoms with E-state index in [1.807, 2.05) is 25.1 Å². The highest BCUT2D eigenvalue weighted by Gasteiger charge is 2.22. The zero-order valence-corrected chi connectivity index (χ0v) is 11.4. The molecule has 1 aromatic rings. The Hall–Kier alpha value is -1.35. The number of hydrogen-bond acceptors (Lipinski definition) is 2. The Bertz CT molecular complexity index is 442. The van der Waals surface area contributed by atoms with Crippen LogP contribution in [0.1, 0.15) is 34.8 Å². The minimum atomic E-state index is 0.0404. The first kappa shape index (κ1) is 13.1. The van der Waals surface area contributed by atoms with Crippen LogP contribution in [0, 0.1) is 19.8 Å². The largest absolute Gasteiger partial charge is 0.348 e. The van der Waals surface area contributed by atoms with Crippen LogP contribution in [-0.2, 0) is 0 Å². The first-order chi connectivity index (χ1) is 8.58. The molecule has 1 aliphatic heterocycles. The first-order valence-corrected chi connectivity index (χ1v) is 6.67. The van der Waals surface area contributed by atoms with Gasteiger partial charge in [-0.3, -0.25) is 4.79 Å². The van der Waals surface area contributed by atoms with Crippen LogP contribution in [0.4, 0.5) is 0 Å². The molecule has 0 radical (unpaired) electrons. The lowest BCUT2D eigenvalue weighted by molar-refractivity contribution is 0.0915. The third-order valence-electron chi connectivity index (χ3n) is 3.91. The molecule has 0 aromatic heterocycles. The van der Waals surface area contributed by atoms with Crippen molar-refractivity contribution in [2.24, 2.45) is 5.92 Å². The summed E-state index contributed by atoms with van der Waals surface area (Å²) in [6, 6.07) is 6.12. The van der Waals surface area contributed by atoms with E-state index in [9.17, 15) is 4.79 Å². The molecule has 1 fully saturated rings. The van der Waals surface area contributed by atoms with E-state index in [1.54, 1.807) is 0 Å². The molecular formula is C15H22N2O. The van der Waals surface area contributed by atoms with Gasteiger partial charge in [0, 0.05) is 18.2 Å². The number of rotatable bonds is 2. The van der Waals surface area contributed by atoms with Crippen molar-refractivity contribution in [2.45, 2.75) is 33.2 Å². The number of carbonyl (C=O) groups is 1. The molecule has 1 saturated heterocycles. The fourth-order valence-electron chi connectivity index (χ4n) is 2.32. The standard InChI is InChI=1S/C15H22N2O/c1-10-4-5-13(8-12(10)3)15(18)17-14-9-16-7-6-11(14)2/h4-5,8,11,14,16H,6-7,9H2,1-3H3,(H,17,18)/t11-,14+/m1/s1. The van der Waals surface area contributed by atoms with Crippen LogP contribution in [0.25, 0.3) is 0 Å².